The van der Waals surface area contributed by atoms with E-state index in [9.17, 15) is 24.6 Å². The number of nitrogens with one attached hydrogen (secondary N) is 3. The number of aromatic amines is 1. The first-order chi connectivity index (χ1) is 29.3. The summed E-state index contributed by atoms with van der Waals surface area (Å²) < 4.78 is 12.4. The molecule has 1 aromatic heterocycles. The molecule has 3 fully saturated rings. The Hall–Kier alpha value is -6.27. The van der Waals surface area contributed by atoms with E-state index in [0.29, 0.717) is 46.7 Å². The molecule has 11 heteroatoms. The Morgan fingerprint density at radius 2 is 1.58 bits per heavy atom. The van der Waals surface area contributed by atoms with E-state index in [1.165, 1.54) is 12.1 Å². The lowest BCUT2D eigenvalue weighted by Gasteiger charge is -2.43. The molecule has 1 unspecified atom stereocenters. The van der Waals surface area contributed by atoms with Crippen molar-refractivity contribution in [2.75, 3.05) is 32.7 Å². The molecule has 6 aromatic rings. The van der Waals surface area contributed by atoms with Crippen LogP contribution in [0.1, 0.15) is 68.7 Å². The second-order valence-corrected chi connectivity index (χ2v) is 15.8. The number of H-pyrrole nitrogens is 1. The Morgan fingerprint density at radius 3 is 2.37 bits per heavy atom. The molecule has 11 nitrogen and oxygen atoms in total. The second-order valence-electron chi connectivity index (χ2n) is 15.8. The number of nitrogens with zero attached hydrogens (tertiary/aromatic N) is 1. The fourth-order valence-corrected chi connectivity index (χ4v) is 8.43. The highest BCUT2D eigenvalue weighted by Gasteiger charge is 2.37. The monoisotopic (exact) mass is 806 g/mol. The van der Waals surface area contributed by atoms with Crippen LogP contribution < -0.4 is 20.9 Å². The lowest BCUT2D eigenvalue weighted by molar-refractivity contribution is -0.0336. The maximum atomic E-state index is 13.4. The normalized spacial score (nSPS) is 18.1. The minimum Gasteiger partial charge on any atom is -0.506 e. The van der Waals surface area contributed by atoms with Crippen molar-refractivity contribution >= 4 is 22.8 Å². The van der Waals surface area contributed by atoms with Gasteiger partial charge in [-0.05, 0) is 90.8 Å². The first-order valence-electron chi connectivity index (χ1n) is 20.7. The van der Waals surface area contributed by atoms with E-state index < -0.39 is 18.2 Å². The van der Waals surface area contributed by atoms with Gasteiger partial charge in [0.05, 0.1) is 17.7 Å². The van der Waals surface area contributed by atoms with Gasteiger partial charge in [-0.25, -0.2) is 4.79 Å². The van der Waals surface area contributed by atoms with Crippen molar-refractivity contribution < 1.29 is 29.3 Å². The van der Waals surface area contributed by atoms with Gasteiger partial charge >= 0.3 is 6.09 Å². The Kier molecular flexibility index (Phi) is 12.7. The molecule has 3 atom stereocenters. The highest BCUT2D eigenvalue weighted by Crippen LogP contribution is 2.33. The number of carbonyl (C=O) groups excluding carboxylic acids is 2. The summed E-state index contributed by atoms with van der Waals surface area (Å²) in [5.74, 6) is 1.01. The number of alkyl carbamates (subject to hydrolysis) is 1. The second kappa shape index (κ2) is 18.8. The molecule has 1 amide bonds. The van der Waals surface area contributed by atoms with E-state index in [1.54, 1.807) is 12.1 Å². The number of carbonyl (C=O) groups is 2. The van der Waals surface area contributed by atoms with Gasteiger partial charge in [0.1, 0.15) is 24.2 Å². The van der Waals surface area contributed by atoms with Gasteiger partial charge in [-0.15, -0.1) is 0 Å². The summed E-state index contributed by atoms with van der Waals surface area (Å²) in [4.78, 5) is 43.5. The Morgan fingerprint density at radius 1 is 0.817 bits per heavy atom. The quantitative estimate of drug-likeness (QED) is 0.0514. The average molecular weight is 807 g/mol. The maximum absolute atomic E-state index is 13.4. The maximum Gasteiger partial charge on any atom is 0.408 e. The van der Waals surface area contributed by atoms with E-state index in [0.717, 1.165) is 60.3 Å². The predicted molar refractivity (Wildman–Crippen MR) is 230 cm³/mol. The first kappa shape index (κ1) is 40.5. The number of amides is 1. The Bertz CT molecular complexity index is 2480. The van der Waals surface area contributed by atoms with Crippen LogP contribution in [0.5, 0.6) is 11.5 Å². The van der Waals surface area contributed by atoms with Gasteiger partial charge in [0.25, 0.3) is 0 Å². The van der Waals surface area contributed by atoms with Crippen molar-refractivity contribution in [3.8, 4) is 11.5 Å². The van der Waals surface area contributed by atoms with E-state index in [1.807, 2.05) is 103 Å². The zero-order chi connectivity index (χ0) is 41.4. The van der Waals surface area contributed by atoms with Crippen molar-refractivity contribution in [2.45, 2.75) is 50.5 Å². The number of pyridine rings is 1. The lowest BCUT2D eigenvalue weighted by atomic mass is 9.86. The number of aromatic hydroxyl groups is 1. The van der Waals surface area contributed by atoms with E-state index >= 15 is 0 Å². The molecule has 308 valence electrons. The topological polar surface area (TPSA) is 153 Å². The molecule has 3 saturated heterocycles. The third kappa shape index (κ3) is 9.77. The number of rotatable bonds is 16. The minimum absolute atomic E-state index is 0.00980. The molecule has 0 radical (unpaired) electrons. The number of piperidine rings is 3. The van der Waals surface area contributed by atoms with Gasteiger partial charge in [0, 0.05) is 42.1 Å². The van der Waals surface area contributed by atoms with Crippen LogP contribution >= 0.6 is 0 Å². The number of aliphatic hydroxyl groups is 1. The van der Waals surface area contributed by atoms with Crippen molar-refractivity contribution in [2.24, 2.45) is 5.92 Å². The van der Waals surface area contributed by atoms with Crippen LogP contribution in [0, 0.1) is 5.92 Å². The summed E-state index contributed by atoms with van der Waals surface area (Å²) in [6, 6.07) is 38.6. The van der Waals surface area contributed by atoms with E-state index in [-0.39, 0.29) is 42.8 Å². The molecule has 9 rings (SSSR count). The summed E-state index contributed by atoms with van der Waals surface area (Å²) in [5.41, 5.74) is 5.82. The van der Waals surface area contributed by atoms with E-state index in [4.69, 9.17) is 9.47 Å². The fourth-order valence-electron chi connectivity index (χ4n) is 8.43. The van der Waals surface area contributed by atoms with Gasteiger partial charge in [-0.3, -0.25) is 14.5 Å². The number of phenolic OH excluding ortho intramolecular Hbond substituents is 1. The molecular formula is C49H50N4O7. The smallest absolute Gasteiger partial charge is 0.408 e. The molecule has 60 heavy (non-hydrogen) atoms. The summed E-state index contributed by atoms with van der Waals surface area (Å²) in [6.07, 6.45) is 1.69. The number of ketones is 1. The average Bonchev–Trinajstić information content (AvgIpc) is 3.27. The van der Waals surface area contributed by atoms with Crippen LogP contribution in [-0.4, -0.2) is 70.8 Å². The number of phenols is 1. The Labute approximate surface area is 349 Å². The van der Waals surface area contributed by atoms with E-state index in [2.05, 4.69) is 20.5 Å². The SMILES string of the molecule is O=C(NC(c1ccccc1)c1ccccc1OCc1ccc(C(=O)Cc2cccc(CCNC[C@H](O)c3ccc(O)c4[nH]c(=O)ccc34)c2)cc1)O[C@H]1CN2CCC1CC2. The number of ether oxygens (including phenoxy) is 2. The number of para-hydroxylation sites is 1. The van der Waals surface area contributed by atoms with Crippen molar-refractivity contribution in [3.05, 3.63) is 177 Å². The number of benzene rings is 5. The molecule has 0 aliphatic carbocycles. The molecule has 5 N–H and O–H groups in total. The molecule has 3 aliphatic heterocycles. The standard InChI is InChI=1S/C49H50N4O7/c54-41-19-17-38(39-18-20-46(57)51-48(39)41)43(56)29-50-24-21-32-7-6-8-34(27-32)28-42(55)35-15-13-33(14-16-35)31-59-44-12-5-4-11-40(44)47(37-9-2-1-3-10-37)52-49(58)60-45-30-53-25-22-36(45)23-26-53/h1-20,27,36,43,45,47,50,54,56H,21-26,28-31H2,(H,51,57)(H,52,58)/t43-,45-,47?/m0/s1. The van der Waals surface area contributed by atoms with Gasteiger partial charge in [0.15, 0.2) is 5.78 Å². The Balaban J connectivity index is 0.842. The largest absolute Gasteiger partial charge is 0.506 e. The molecule has 3 aliphatic rings. The summed E-state index contributed by atoms with van der Waals surface area (Å²) in [5, 5.41) is 28.1. The first-order valence-corrected chi connectivity index (χ1v) is 20.7. The summed E-state index contributed by atoms with van der Waals surface area (Å²) >= 11 is 0. The minimum atomic E-state index is -0.845. The number of hydrogen-bond donors (Lipinski definition) is 5. The third-order valence-corrected chi connectivity index (χ3v) is 11.7. The van der Waals surface area contributed by atoms with Crippen molar-refractivity contribution in [3.63, 3.8) is 0 Å². The molecule has 4 heterocycles. The molecule has 5 aromatic carbocycles. The van der Waals surface area contributed by atoms with Crippen molar-refractivity contribution in [1.82, 2.24) is 20.5 Å². The van der Waals surface area contributed by atoms with Crippen LogP contribution in [-0.2, 0) is 24.2 Å². The number of aromatic nitrogens is 1. The van der Waals surface area contributed by atoms with Gasteiger partial charge < -0.3 is 35.3 Å². The lowest BCUT2D eigenvalue weighted by Crippen LogP contribution is -2.52. The summed E-state index contributed by atoms with van der Waals surface area (Å²) in [7, 11) is 0. The molecule has 0 spiro atoms. The number of Topliss-reactive ketones (excluding diaryl/α,β-unsaturated/α-hetero) is 1. The number of aliphatic hydroxyl groups excluding tert-OH is 1. The van der Waals surface area contributed by atoms with Gasteiger partial charge in [-0.2, -0.15) is 0 Å². The fraction of sp³-hybridized carbons (Fsp3) is 0.286. The highest BCUT2D eigenvalue weighted by molar-refractivity contribution is 5.97. The van der Waals surface area contributed by atoms with Crippen molar-refractivity contribution in [1.29, 1.82) is 0 Å². The van der Waals surface area contributed by atoms with Crippen LogP contribution in [0.2, 0.25) is 0 Å². The van der Waals surface area contributed by atoms with Gasteiger partial charge in [0.2, 0.25) is 5.56 Å². The van der Waals surface area contributed by atoms with Gasteiger partial charge in [-0.1, -0.05) is 103 Å². The number of hydrogen-bond acceptors (Lipinski definition) is 9. The van der Waals surface area contributed by atoms with Crippen LogP contribution in [0.15, 0.2) is 132 Å². The zero-order valence-electron chi connectivity index (χ0n) is 33.4. The molecular weight excluding hydrogens is 757 g/mol. The summed E-state index contributed by atoms with van der Waals surface area (Å²) in [6.45, 7) is 4.09. The third-order valence-electron chi connectivity index (χ3n) is 11.7. The molecule has 0 saturated carbocycles. The zero-order valence-corrected chi connectivity index (χ0v) is 33.4. The number of fused-ring (bicyclic) bond motifs is 4. The van der Waals surface area contributed by atoms with Crippen LogP contribution in [0.4, 0.5) is 4.79 Å². The molecule has 2 bridgehead atoms. The van der Waals surface area contributed by atoms with Crippen LogP contribution in [0.3, 0.4) is 0 Å². The van der Waals surface area contributed by atoms with Crippen LogP contribution in [0.25, 0.3) is 10.9 Å². The predicted octanol–water partition coefficient (Wildman–Crippen LogP) is 7.01. The highest BCUT2D eigenvalue weighted by atomic mass is 16.6.